The molecule has 0 radical (unpaired) electrons. The molecule has 0 amide bonds. The Morgan fingerprint density at radius 1 is 1.08 bits per heavy atom. The zero-order valence-corrected chi connectivity index (χ0v) is 15.7. The van der Waals surface area contributed by atoms with Crippen molar-refractivity contribution < 1.29 is 8.42 Å². The Morgan fingerprint density at radius 3 is 2.50 bits per heavy atom. The Labute approximate surface area is 154 Å². The van der Waals surface area contributed by atoms with E-state index in [2.05, 4.69) is 44.8 Å². The highest BCUT2D eigenvalue weighted by Gasteiger charge is 2.22. The van der Waals surface area contributed by atoms with E-state index in [1.54, 1.807) is 12.1 Å². The van der Waals surface area contributed by atoms with Crippen molar-refractivity contribution in [2.24, 2.45) is 0 Å². The lowest BCUT2D eigenvalue weighted by molar-refractivity contribution is 0.181. The van der Waals surface area contributed by atoms with Gasteiger partial charge in [0.25, 0.3) is 0 Å². The van der Waals surface area contributed by atoms with E-state index >= 15 is 0 Å². The summed E-state index contributed by atoms with van der Waals surface area (Å²) in [5, 5.41) is 0. The number of hydrogen-bond donors (Lipinski definition) is 0. The minimum Gasteiger partial charge on any atom is -0.327 e. The van der Waals surface area contributed by atoms with Gasteiger partial charge in [-0.15, -0.1) is 0 Å². The third kappa shape index (κ3) is 3.52. The van der Waals surface area contributed by atoms with E-state index in [4.69, 9.17) is 0 Å². The molecule has 0 unspecified atom stereocenters. The number of imidazole rings is 1. The maximum Gasteiger partial charge on any atom is 0.175 e. The lowest BCUT2D eigenvalue weighted by Crippen LogP contribution is -2.34. The highest BCUT2D eigenvalue weighted by molar-refractivity contribution is 7.90. The molecule has 1 saturated heterocycles. The third-order valence-electron chi connectivity index (χ3n) is 5.17. The summed E-state index contributed by atoms with van der Waals surface area (Å²) in [6.45, 7) is 3.11. The smallest absolute Gasteiger partial charge is 0.175 e. The van der Waals surface area contributed by atoms with E-state index in [9.17, 15) is 8.42 Å². The minimum absolute atomic E-state index is 0.327. The van der Waals surface area contributed by atoms with Gasteiger partial charge in [0.1, 0.15) is 0 Å². The Hall–Kier alpha value is -2.18. The summed E-state index contributed by atoms with van der Waals surface area (Å²) in [6.07, 6.45) is 5.24. The van der Waals surface area contributed by atoms with Crippen LogP contribution in [-0.2, 0) is 16.4 Å². The van der Waals surface area contributed by atoms with Gasteiger partial charge < -0.3 is 4.57 Å². The average molecular weight is 369 g/mol. The van der Waals surface area contributed by atoms with Crippen LogP contribution >= 0.6 is 0 Å². The topological polar surface area (TPSA) is 55.2 Å². The molecule has 1 aliphatic rings. The van der Waals surface area contributed by atoms with Gasteiger partial charge in [0.05, 0.1) is 22.3 Å². The molecule has 4 rings (SSSR count). The van der Waals surface area contributed by atoms with Gasteiger partial charge in [-0.2, -0.15) is 0 Å². The molecule has 1 aromatic heterocycles. The highest BCUT2D eigenvalue weighted by Crippen LogP contribution is 2.28. The first kappa shape index (κ1) is 17.2. The van der Waals surface area contributed by atoms with Gasteiger partial charge in [-0.3, -0.25) is 4.90 Å². The molecular formula is C20H23N3O2S. The van der Waals surface area contributed by atoms with Gasteiger partial charge in [-0.1, -0.05) is 30.3 Å². The lowest BCUT2D eigenvalue weighted by Gasteiger charge is -2.32. The fourth-order valence-electron chi connectivity index (χ4n) is 3.73. The first-order valence-corrected chi connectivity index (χ1v) is 10.8. The number of fused-ring (bicyclic) bond motifs is 1. The van der Waals surface area contributed by atoms with Gasteiger partial charge in [0, 0.05) is 31.9 Å². The van der Waals surface area contributed by atoms with Crippen molar-refractivity contribution in [2.75, 3.05) is 19.3 Å². The molecule has 0 bridgehead atoms. The van der Waals surface area contributed by atoms with E-state index < -0.39 is 9.84 Å². The van der Waals surface area contributed by atoms with Crippen LogP contribution in [0, 0.1) is 0 Å². The molecular weight excluding hydrogens is 346 g/mol. The molecule has 26 heavy (non-hydrogen) atoms. The number of likely N-dealkylation sites (tertiary alicyclic amines) is 1. The van der Waals surface area contributed by atoms with Crippen molar-refractivity contribution in [3.05, 3.63) is 60.4 Å². The van der Waals surface area contributed by atoms with Crippen molar-refractivity contribution in [3.8, 4) is 0 Å². The van der Waals surface area contributed by atoms with Gasteiger partial charge in [0.2, 0.25) is 0 Å². The Balaban J connectivity index is 1.48. The SMILES string of the molecule is CS(=O)(=O)c1ccc2c(c1)ncn2C1CCN(Cc2ccccc2)CC1. The number of hydrogen-bond acceptors (Lipinski definition) is 4. The van der Waals surface area contributed by atoms with E-state index in [1.165, 1.54) is 11.8 Å². The van der Waals surface area contributed by atoms with Crippen LogP contribution in [0.25, 0.3) is 11.0 Å². The number of aromatic nitrogens is 2. The molecule has 5 nitrogen and oxygen atoms in total. The quantitative estimate of drug-likeness (QED) is 0.708. The van der Waals surface area contributed by atoms with Crippen LogP contribution in [-0.4, -0.2) is 42.2 Å². The van der Waals surface area contributed by atoms with E-state index in [-0.39, 0.29) is 0 Å². The molecule has 136 valence electrons. The van der Waals surface area contributed by atoms with E-state index in [1.807, 2.05) is 12.4 Å². The molecule has 0 N–H and O–H groups in total. The number of nitrogens with zero attached hydrogens (tertiary/aromatic N) is 3. The number of rotatable bonds is 4. The molecule has 1 fully saturated rings. The second-order valence-corrected chi connectivity index (χ2v) is 9.08. The van der Waals surface area contributed by atoms with E-state index in [0.29, 0.717) is 10.9 Å². The first-order valence-electron chi connectivity index (χ1n) is 8.93. The molecule has 0 aliphatic carbocycles. The fraction of sp³-hybridized carbons (Fsp3) is 0.350. The third-order valence-corrected chi connectivity index (χ3v) is 6.28. The Bertz CT molecular complexity index is 1000. The predicted octanol–water partition coefficient (Wildman–Crippen LogP) is 3.28. The van der Waals surface area contributed by atoms with Crippen LogP contribution in [0.15, 0.2) is 59.8 Å². The minimum atomic E-state index is -3.20. The number of benzene rings is 2. The zero-order valence-electron chi connectivity index (χ0n) is 14.9. The van der Waals surface area contributed by atoms with Crippen molar-refractivity contribution in [2.45, 2.75) is 30.3 Å². The molecule has 0 spiro atoms. The van der Waals surface area contributed by atoms with Gasteiger partial charge in [0.15, 0.2) is 9.84 Å². The van der Waals surface area contributed by atoms with Crippen LogP contribution in [0.3, 0.4) is 0 Å². The summed E-state index contributed by atoms with van der Waals surface area (Å²) in [6, 6.07) is 16.2. The zero-order chi connectivity index (χ0) is 18.1. The average Bonchev–Trinajstić information content (AvgIpc) is 3.06. The number of sulfone groups is 1. The Kier molecular flexibility index (Phi) is 4.54. The molecule has 0 saturated carbocycles. The second kappa shape index (κ2) is 6.85. The maximum atomic E-state index is 11.7. The highest BCUT2D eigenvalue weighted by atomic mass is 32.2. The summed E-state index contributed by atoms with van der Waals surface area (Å²) in [5.41, 5.74) is 3.12. The molecule has 1 aliphatic heterocycles. The molecule has 6 heteroatoms. The van der Waals surface area contributed by atoms with Gasteiger partial charge >= 0.3 is 0 Å². The standard InChI is InChI=1S/C20H23N3O2S/c1-26(24,25)18-7-8-20-19(13-18)21-15-23(20)17-9-11-22(12-10-17)14-16-5-3-2-4-6-16/h2-8,13,15,17H,9-12,14H2,1H3. The van der Waals surface area contributed by atoms with Crippen LogP contribution in [0.4, 0.5) is 0 Å². The largest absolute Gasteiger partial charge is 0.327 e. The monoisotopic (exact) mass is 369 g/mol. The summed E-state index contributed by atoms with van der Waals surface area (Å²) in [4.78, 5) is 7.26. The maximum absolute atomic E-state index is 11.7. The lowest BCUT2D eigenvalue weighted by atomic mass is 10.0. The number of piperidine rings is 1. The first-order chi connectivity index (χ1) is 12.5. The van der Waals surface area contributed by atoms with Crippen molar-refractivity contribution >= 4 is 20.9 Å². The Morgan fingerprint density at radius 2 is 1.81 bits per heavy atom. The van der Waals surface area contributed by atoms with Crippen LogP contribution in [0.2, 0.25) is 0 Å². The van der Waals surface area contributed by atoms with Gasteiger partial charge in [-0.25, -0.2) is 13.4 Å². The fourth-order valence-corrected chi connectivity index (χ4v) is 4.37. The molecule has 0 atom stereocenters. The van der Waals surface area contributed by atoms with Crippen LogP contribution in [0.1, 0.15) is 24.4 Å². The predicted molar refractivity (Wildman–Crippen MR) is 103 cm³/mol. The normalized spacial score (nSPS) is 17.0. The summed E-state index contributed by atoms with van der Waals surface area (Å²) in [7, 11) is -3.20. The molecule has 2 heterocycles. The summed E-state index contributed by atoms with van der Waals surface area (Å²) < 4.78 is 25.7. The van der Waals surface area contributed by atoms with Crippen molar-refractivity contribution in [1.29, 1.82) is 0 Å². The molecule has 3 aromatic rings. The van der Waals surface area contributed by atoms with Crippen molar-refractivity contribution in [3.63, 3.8) is 0 Å². The van der Waals surface area contributed by atoms with Gasteiger partial charge in [-0.05, 0) is 36.6 Å². The van der Waals surface area contributed by atoms with Crippen LogP contribution in [0.5, 0.6) is 0 Å². The summed E-state index contributed by atoms with van der Waals surface area (Å²) >= 11 is 0. The molecule has 2 aromatic carbocycles. The van der Waals surface area contributed by atoms with Crippen LogP contribution < -0.4 is 0 Å². The summed E-state index contributed by atoms with van der Waals surface area (Å²) in [5.74, 6) is 0. The second-order valence-electron chi connectivity index (χ2n) is 7.07. The van der Waals surface area contributed by atoms with Crippen molar-refractivity contribution in [1.82, 2.24) is 14.5 Å². The van der Waals surface area contributed by atoms with E-state index in [0.717, 1.165) is 43.5 Å².